The van der Waals surface area contributed by atoms with E-state index in [0.29, 0.717) is 5.92 Å². The Labute approximate surface area is 124 Å². The van der Waals surface area contributed by atoms with Gasteiger partial charge in [0.2, 0.25) is 0 Å². The first-order chi connectivity index (χ1) is 9.65. The lowest BCUT2D eigenvalue weighted by Gasteiger charge is -2.20. The van der Waals surface area contributed by atoms with Gasteiger partial charge in [0.15, 0.2) is 0 Å². The summed E-state index contributed by atoms with van der Waals surface area (Å²) < 4.78 is 0. The van der Waals surface area contributed by atoms with Crippen molar-refractivity contribution >= 4 is 0 Å². The molecule has 0 aliphatic carbocycles. The van der Waals surface area contributed by atoms with E-state index in [1.807, 2.05) is 0 Å². The topological polar surface area (TPSA) is 15.3 Å². The summed E-state index contributed by atoms with van der Waals surface area (Å²) in [6.45, 7) is 12.8. The summed E-state index contributed by atoms with van der Waals surface area (Å²) in [5.74, 6) is 1.36. The van der Waals surface area contributed by atoms with Crippen molar-refractivity contribution in [3.63, 3.8) is 0 Å². The van der Waals surface area contributed by atoms with E-state index >= 15 is 0 Å². The lowest BCUT2D eigenvalue weighted by Crippen LogP contribution is -2.31. The highest BCUT2D eigenvalue weighted by Crippen LogP contribution is 2.14. The van der Waals surface area contributed by atoms with E-state index in [1.54, 1.807) is 0 Å². The Morgan fingerprint density at radius 2 is 1.70 bits per heavy atom. The first-order valence-electron chi connectivity index (χ1n) is 8.17. The number of nitrogens with one attached hydrogen (secondary N) is 1. The summed E-state index contributed by atoms with van der Waals surface area (Å²) in [4.78, 5) is 2.60. The molecule has 1 fully saturated rings. The molecule has 1 aliphatic heterocycles. The molecule has 1 N–H and O–H groups in total. The summed E-state index contributed by atoms with van der Waals surface area (Å²) in [5.41, 5.74) is 2.82. The largest absolute Gasteiger partial charge is 0.312 e. The van der Waals surface area contributed by atoms with Gasteiger partial charge < -0.3 is 10.2 Å². The van der Waals surface area contributed by atoms with E-state index in [-0.39, 0.29) is 0 Å². The molecule has 20 heavy (non-hydrogen) atoms. The Kier molecular flexibility index (Phi) is 6.06. The number of likely N-dealkylation sites (tertiary alicyclic amines) is 1. The predicted octanol–water partition coefficient (Wildman–Crippen LogP) is 3.63. The second kappa shape index (κ2) is 7.80. The van der Waals surface area contributed by atoms with Crippen LogP contribution in [0.25, 0.3) is 0 Å². The van der Waals surface area contributed by atoms with Crippen molar-refractivity contribution in [1.82, 2.24) is 10.2 Å². The molecule has 1 saturated heterocycles. The van der Waals surface area contributed by atoms with Crippen LogP contribution in [0.15, 0.2) is 24.3 Å². The molecule has 0 aromatic heterocycles. The zero-order valence-corrected chi connectivity index (χ0v) is 13.4. The lowest BCUT2D eigenvalue weighted by molar-refractivity contribution is 0.282. The monoisotopic (exact) mass is 274 g/mol. The number of nitrogens with zero attached hydrogens (tertiary/aromatic N) is 1. The molecule has 1 atom stereocenters. The highest BCUT2D eigenvalue weighted by molar-refractivity contribution is 5.24. The van der Waals surface area contributed by atoms with Crippen molar-refractivity contribution < 1.29 is 0 Å². The molecular weight excluding hydrogens is 244 g/mol. The first-order valence-corrected chi connectivity index (χ1v) is 8.17. The maximum absolute atomic E-state index is 3.60. The van der Waals surface area contributed by atoms with Gasteiger partial charge in [-0.05, 0) is 55.4 Å². The van der Waals surface area contributed by atoms with Gasteiger partial charge in [-0.2, -0.15) is 0 Å². The van der Waals surface area contributed by atoms with Crippen LogP contribution in [0.3, 0.4) is 0 Å². The van der Waals surface area contributed by atoms with Gasteiger partial charge in [0, 0.05) is 13.1 Å². The zero-order chi connectivity index (χ0) is 14.4. The van der Waals surface area contributed by atoms with E-state index in [0.717, 1.165) is 19.0 Å². The van der Waals surface area contributed by atoms with Gasteiger partial charge in [-0.1, -0.05) is 45.0 Å². The van der Waals surface area contributed by atoms with Crippen molar-refractivity contribution in [2.24, 2.45) is 5.92 Å². The molecule has 112 valence electrons. The summed E-state index contributed by atoms with van der Waals surface area (Å²) in [6, 6.07) is 9.03. The van der Waals surface area contributed by atoms with E-state index in [1.165, 1.54) is 43.6 Å². The molecule has 1 aliphatic rings. The Hall–Kier alpha value is -0.860. The summed E-state index contributed by atoms with van der Waals surface area (Å²) in [7, 11) is 0. The van der Waals surface area contributed by atoms with Gasteiger partial charge in [-0.3, -0.25) is 0 Å². The maximum Gasteiger partial charge on any atom is 0.0205 e. The average Bonchev–Trinajstić information content (AvgIpc) is 2.92. The fourth-order valence-electron chi connectivity index (χ4n) is 2.95. The van der Waals surface area contributed by atoms with Gasteiger partial charge in [0.25, 0.3) is 0 Å². The lowest BCUT2D eigenvalue weighted by atomic mass is 10.0. The number of hydrogen-bond acceptors (Lipinski definition) is 2. The molecule has 1 aromatic carbocycles. The fraction of sp³-hybridized carbons (Fsp3) is 0.667. The van der Waals surface area contributed by atoms with Crippen LogP contribution in [-0.2, 0) is 6.54 Å². The molecule has 2 heteroatoms. The quantitative estimate of drug-likeness (QED) is 0.817. The minimum Gasteiger partial charge on any atom is -0.312 e. The highest BCUT2D eigenvalue weighted by atomic mass is 15.1. The third kappa shape index (κ3) is 4.92. The normalized spacial score (nSPS) is 17.8. The molecule has 2 rings (SSSR count). The van der Waals surface area contributed by atoms with Crippen LogP contribution in [0.4, 0.5) is 0 Å². The second-order valence-electron chi connectivity index (χ2n) is 6.64. The van der Waals surface area contributed by atoms with Crippen molar-refractivity contribution in [3.05, 3.63) is 35.4 Å². The van der Waals surface area contributed by atoms with Gasteiger partial charge in [-0.25, -0.2) is 0 Å². The number of rotatable bonds is 7. The molecule has 1 unspecified atom stereocenters. The zero-order valence-electron chi connectivity index (χ0n) is 13.4. The van der Waals surface area contributed by atoms with Crippen LogP contribution in [0.5, 0.6) is 0 Å². The Bertz CT molecular complexity index is 377. The Morgan fingerprint density at radius 3 is 2.30 bits per heavy atom. The number of benzene rings is 1. The van der Waals surface area contributed by atoms with Crippen molar-refractivity contribution in [1.29, 1.82) is 0 Å². The van der Waals surface area contributed by atoms with Gasteiger partial charge in [-0.15, -0.1) is 0 Å². The van der Waals surface area contributed by atoms with Crippen LogP contribution < -0.4 is 5.32 Å². The first kappa shape index (κ1) is 15.5. The molecule has 0 saturated carbocycles. The van der Waals surface area contributed by atoms with Crippen molar-refractivity contribution in [2.75, 3.05) is 26.2 Å². The van der Waals surface area contributed by atoms with E-state index in [2.05, 4.69) is 55.3 Å². The van der Waals surface area contributed by atoms with Crippen LogP contribution in [0.1, 0.15) is 50.7 Å². The minimum absolute atomic E-state index is 0.623. The molecule has 1 aromatic rings. The van der Waals surface area contributed by atoms with Gasteiger partial charge in [0.05, 0.1) is 0 Å². The Balaban J connectivity index is 1.66. The van der Waals surface area contributed by atoms with E-state index in [9.17, 15) is 0 Å². The predicted molar refractivity (Wildman–Crippen MR) is 87.1 cm³/mol. The molecule has 0 bridgehead atoms. The minimum atomic E-state index is 0.623. The highest BCUT2D eigenvalue weighted by Gasteiger charge is 2.14. The molecular formula is C18H30N2. The third-order valence-electron chi connectivity index (χ3n) is 4.24. The molecule has 0 spiro atoms. The summed E-state index contributed by atoms with van der Waals surface area (Å²) >= 11 is 0. The molecule has 2 nitrogen and oxygen atoms in total. The summed E-state index contributed by atoms with van der Waals surface area (Å²) in [5, 5.41) is 3.60. The van der Waals surface area contributed by atoms with Crippen molar-refractivity contribution in [2.45, 2.75) is 46.1 Å². The van der Waals surface area contributed by atoms with Gasteiger partial charge in [0.1, 0.15) is 0 Å². The molecule has 0 amide bonds. The van der Waals surface area contributed by atoms with Gasteiger partial charge >= 0.3 is 0 Å². The molecule has 1 heterocycles. The third-order valence-corrected chi connectivity index (χ3v) is 4.24. The average molecular weight is 274 g/mol. The van der Waals surface area contributed by atoms with E-state index < -0.39 is 0 Å². The van der Waals surface area contributed by atoms with E-state index in [4.69, 9.17) is 0 Å². The van der Waals surface area contributed by atoms with Crippen molar-refractivity contribution in [3.8, 4) is 0 Å². The Morgan fingerprint density at radius 1 is 1.05 bits per heavy atom. The summed E-state index contributed by atoms with van der Waals surface area (Å²) in [6.07, 6.45) is 2.78. The maximum atomic E-state index is 3.60. The van der Waals surface area contributed by atoms with Crippen LogP contribution >= 0.6 is 0 Å². The standard InChI is InChI=1S/C18H30N2/c1-15(2)18-8-6-17(7-9-18)13-19-12-16(3)14-20-10-4-5-11-20/h6-9,15-16,19H,4-5,10-14H2,1-3H3. The SMILES string of the molecule is CC(CNCc1ccc(C(C)C)cc1)CN1CCCC1. The van der Waals surface area contributed by atoms with Crippen LogP contribution in [-0.4, -0.2) is 31.1 Å². The second-order valence-corrected chi connectivity index (χ2v) is 6.64. The molecule has 0 radical (unpaired) electrons. The number of hydrogen-bond donors (Lipinski definition) is 1. The van der Waals surface area contributed by atoms with Crippen LogP contribution in [0, 0.1) is 5.92 Å². The smallest absolute Gasteiger partial charge is 0.0205 e. The van der Waals surface area contributed by atoms with Crippen LogP contribution in [0.2, 0.25) is 0 Å². The fourth-order valence-corrected chi connectivity index (χ4v) is 2.95.